The highest BCUT2D eigenvalue weighted by Gasteiger charge is 2.18. The molecule has 4 rings (SSSR count). The van der Waals surface area contributed by atoms with Crippen LogP contribution < -0.4 is 4.72 Å². The third kappa shape index (κ3) is 4.62. The molecule has 3 heterocycles. The molecule has 1 aromatic carbocycles. The van der Waals surface area contributed by atoms with Gasteiger partial charge in [-0.25, -0.2) is 18.2 Å². The van der Waals surface area contributed by atoms with Gasteiger partial charge in [0.05, 0.1) is 18.4 Å². The van der Waals surface area contributed by atoms with Gasteiger partial charge in [-0.05, 0) is 41.5 Å². The molecule has 3 aromatic heterocycles. The first-order valence-corrected chi connectivity index (χ1v) is 11.0. The summed E-state index contributed by atoms with van der Waals surface area (Å²) in [7, 11) is -2.68. The molecule has 0 atom stereocenters. The molecule has 1 N–H and O–H groups in total. The molecular weight excluding hydrogens is 428 g/mol. The standard InChI is InChI=1S/C23H18N4O4S/c1-31-23(28)19-12-21(17-8-6-16(7-9-17)18-4-2-10-24-14-18)26-22(13-19)27-32(29,30)20-5-3-11-25-15-20/h2-15H,1H3,(H,26,27). The first kappa shape index (κ1) is 21.1. The summed E-state index contributed by atoms with van der Waals surface area (Å²) in [5, 5.41) is 0. The number of sulfonamides is 1. The lowest BCUT2D eigenvalue weighted by atomic mass is 10.0. The molecule has 160 valence electrons. The van der Waals surface area contributed by atoms with E-state index in [0.29, 0.717) is 11.3 Å². The third-order valence-corrected chi connectivity index (χ3v) is 5.95. The quantitative estimate of drug-likeness (QED) is 0.449. The molecular formula is C23H18N4O4S. The number of pyridine rings is 3. The van der Waals surface area contributed by atoms with Gasteiger partial charge >= 0.3 is 5.97 Å². The molecule has 0 aliphatic rings. The summed E-state index contributed by atoms with van der Waals surface area (Å²) in [4.78, 5) is 24.5. The Bertz CT molecular complexity index is 1340. The number of ether oxygens (including phenoxy) is 1. The van der Waals surface area contributed by atoms with E-state index in [2.05, 4.69) is 19.7 Å². The van der Waals surface area contributed by atoms with Gasteiger partial charge in [0.25, 0.3) is 10.0 Å². The second-order valence-corrected chi connectivity index (χ2v) is 8.41. The van der Waals surface area contributed by atoms with Crippen molar-refractivity contribution in [3.63, 3.8) is 0 Å². The molecule has 0 spiro atoms. The molecule has 0 bridgehead atoms. The molecule has 9 heteroatoms. The normalized spacial score (nSPS) is 11.0. The number of rotatable bonds is 6. The maximum absolute atomic E-state index is 12.7. The van der Waals surface area contributed by atoms with Gasteiger partial charge in [-0.15, -0.1) is 0 Å². The molecule has 0 saturated carbocycles. The molecule has 4 aromatic rings. The number of hydrogen-bond acceptors (Lipinski definition) is 7. The Labute approximate surface area is 185 Å². The molecule has 0 aliphatic heterocycles. The fraction of sp³-hybridized carbons (Fsp3) is 0.0435. The Morgan fingerprint density at radius 1 is 0.875 bits per heavy atom. The highest BCUT2D eigenvalue weighted by molar-refractivity contribution is 7.92. The van der Waals surface area contributed by atoms with E-state index in [1.807, 2.05) is 36.4 Å². The molecule has 0 amide bonds. The van der Waals surface area contributed by atoms with Crippen LogP contribution in [-0.2, 0) is 14.8 Å². The number of methoxy groups -OCH3 is 1. The number of anilines is 1. The van der Waals surface area contributed by atoms with E-state index >= 15 is 0 Å². The Morgan fingerprint density at radius 3 is 2.19 bits per heavy atom. The van der Waals surface area contributed by atoms with Gasteiger partial charge in [-0.3, -0.25) is 14.7 Å². The van der Waals surface area contributed by atoms with Crippen LogP contribution in [0.5, 0.6) is 0 Å². The summed E-state index contributed by atoms with van der Waals surface area (Å²) >= 11 is 0. The van der Waals surface area contributed by atoms with Gasteiger partial charge in [-0.2, -0.15) is 0 Å². The smallest absolute Gasteiger partial charge is 0.338 e. The van der Waals surface area contributed by atoms with E-state index in [-0.39, 0.29) is 16.3 Å². The second kappa shape index (κ2) is 8.94. The monoisotopic (exact) mass is 446 g/mol. The van der Waals surface area contributed by atoms with Crippen LogP contribution in [0.25, 0.3) is 22.4 Å². The Morgan fingerprint density at radius 2 is 1.56 bits per heavy atom. The number of nitrogens with zero attached hydrogens (tertiary/aromatic N) is 3. The van der Waals surface area contributed by atoms with E-state index in [4.69, 9.17) is 4.74 Å². The maximum Gasteiger partial charge on any atom is 0.338 e. The van der Waals surface area contributed by atoms with Crippen LogP contribution in [0.2, 0.25) is 0 Å². The number of benzene rings is 1. The predicted molar refractivity (Wildman–Crippen MR) is 119 cm³/mol. The summed E-state index contributed by atoms with van der Waals surface area (Å²) < 4.78 is 32.6. The van der Waals surface area contributed by atoms with Gasteiger partial charge in [0.15, 0.2) is 0 Å². The van der Waals surface area contributed by atoms with Crippen LogP contribution in [0.1, 0.15) is 10.4 Å². The van der Waals surface area contributed by atoms with Crippen LogP contribution in [0.3, 0.4) is 0 Å². The molecule has 0 radical (unpaired) electrons. The minimum Gasteiger partial charge on any atom is -0.465 e. The second-order valence-electron chi connectivity index (χ2n) is 6.73. The number of carbonyl (C=O) groups excluding carboxylic acids is 1. The molecule has 0 saturated heterocycles. The van der Waals surface area contributed by atoms with Gasteiger partial charge in [0.2, 0.25) is 0 Å². The lowest BCUT2D eigenvalue weighted by molar-refractivity contribution is 0.0600. The van der Waals surface area contributed by atoms with Crippen LogP contribution in [-0.4, -0.2) is 36.4 Å². The van der Waals surface area contributed by atoms with E-state index in [1.165, 1.54) is 37.7 Å². The zero-order valence-electron chi connectivity index (χ0n) is 17.0. The van der Waals surface area contributed by atoms with Crippen LogP contribution in [0.15, 0.2) is 90.3 Å². The minimum atomic E-state index is -3.94. The van der Waals surface area contributed by atoms with Crippen LogP contribution >= 0.6 is 0 Å². The van der Waals surface area contributed by atoms with Crippen LogP contribution in [0.4, 0.5) is 5.82 Å². The minimum absolute atomic E-state index is 0.0110. The first-order chi connectivity index (χ1) is 15.5. The topological polar surface area (TPSA) is 111 Å². The van der Waals surface area contributed by atoms with Crippen molar-refractivity contribution in [2.75, 3.05) is 11.8 Å². The SMILES string of the molecule is COC(=O)c1cc(NS(=O)(=O)c2cccnc2)nc(-c2ccc(-c3cccnc3)cc2)c1. The number of aromatic nitrogens is 3. The van der Waals surface area contributed by atoms with Crippen molar-refractivity contribution in [2.24, 2.45) is 0 Å². The summed E-state index contributed by atoms with van der Waals surface area (Å²) in [5.41, 5.74) is 3.20. The summed E-state index contributed by atoms with van der Waals surface area (Å²) in [6.45, 7) is 0. The van der Waals surface area contributed by atoms with E-state index in [0.717, 1.165) is 11.1 Å². The molecule has 0 fully saturated rings. The van der Waals surface area contributed by atoms with Crippen molar-refractivity contribution in [1.82, 2.24) is 15.0 Å². The number of esters is 1. The number of nitrogens with one attached hydrogen (secondary N) is 1. The van der Waals surface area contributed by atoms with E-state index in [1.54, 1.807) is 18.5 Å². The van der Waals surface area contributed by atoms with Crippen molar-refractivity contribution in [2.45, 2.75) is 4.90 Å². The van der Waals surface area contributed by atoms with Crippen molar-refractivity contribution in [3.05, 3.63) is 91.0 Å². The van der Waals surface area contributed by atoms with Gasteiger partial charge < -0.3 is 4.74 Å². The highest BCUT2D eigenvalue weighted by atomic mass is 32.2. The summed E-state index contributed by atoms with van der Waals surface area (Å²) in [6.07, 6.45) is 6.16. The van der Waals surface area contributed by atoms with Crippen molar-refractivity contribution >= 4 is 21.8 Å². The molecule has 0 aliphatic carbocycles. The van der Waals surface area contributed by atoms with Crippen molar-refractivity contribution < 1.29 is 17.9 Å². The van der Waals surface area contributed by atoms with Crippen molar-refractivity contribution in [3.8, 4) is 22.4 Å². The van der Waals surface area contributed by atoms with Crippen molar-refractivity contribution in [1.29, 1.82) is 0 Å². The lowest BCUT2D eigenvalue weighted by Gasteiger charge is -2.11. The van der Waals surface area contributed by atoms with Gasteiger partial charge in [-0.1, -0.05) is 30.3 Å². The fourth-order valence-corrected chi connectivity index (χ4v) is 3.99. The third-order valence-electron chi connectivity index (χ3n) is 4.61. The number of hydrogen-bond donors (Lipinski definition) is 1. The van der Waals surface area contributed by atoms with Crippen LogP contribution in [0, 0.1) is 0 Å². The summed E-state index contributed by atoms with van der Waals surface area (Å²) in [5.74, 6) is -0.620. The lowest BCUT2D eigenvalue weighted by Crippen LogP contribution is -2.15. The highest BCUT2D eigenvalue weighted by Crippen LogP contribution is 2.26. The maximum atomic E-state index is 12.7. The molecule has 32 heavy (non-hydrogen) atoms. The molecule has 8 nitrogen and oxygen atoms in total. The fourth-order valence-electron chi connectivity index (χ4n) is 3.04. The largest absolute Gasteiger partial charge is 0.465 e. The predicted octanol–water partition coefficient (Wildman–Crippen LogP) is 3.79. The van der Waals surface area contributed by atoms with E-state index in [9.17, 15) is 13.2 Å². The van der Waals surface area contributed by atoms with Gasteiger partial charge in [0.1, 0.15) is 10.7 Å². The Balaban J connectivity index is 1.72. The average molecular weight is 446 g/mol. The van der Waals surface area contributed by atoms with E-state index < -0.39 is 16.0 Å². The molecule has 0 unspecified atom stereocenters. The zero-order valence-corrected chi connectivity index (χ0v) is 17.8. The Kier molecular flexibility index (Phi) is 5.91. The van der Waals surface area contributed by atoms with Gasteiger partial charge in [0, 0.05) is 30.4 Å². The first-order valence-electron chi connectivity index (χ1n) is 9.50. The summed E-state index contributed by atoms with van der Waals surface area (Å²) in [6, 6.07) is 17.1. The average Bonchev–Trinajstić information content (AvgIpc) is 2.84. The Hall–Kier alpha value is -4.11. The number of carbonyl (C=O) groups is 1. The zero-order chi connectivity index (χ0) is 22.6.